The Bertz CT molecular complexity index is 233. The molecule has 0 amide bonds. The summed E-state index contributed by atoms with van der Waals surface area (Å²) in [6.45, 7) is 5.96. The molecule has 1 aliphatic heterocycles. The molecule has 1 fully saturated rings. The van der Waals surface area contributed by atoms with E-state index in [1.54, 1.807) is 11.3 Å². The Morgan fingerprint density at radius 2 is 2.67 bits per heavy atom. The average Bonchev–Trinajstić information content (AvgIpc) is 2.63. The summed E-state index contributed by atoms with van der Waals surface area (Å²) in [7, 11) is 0. The second-order valence-electron chi connectivity index (χ2n) is 3.60. The Labute approximate surface area is 77.2 Å². The lowest BCUT2D eigenvalue weighted by molar-refractivity contribution is 0.323. The predicted octanol–water partition coefficient (Wildman–Crippen LogP) is 1.98. The summed E-state index contributed by atoms with van der Waals surface area (Å²) < 4.78 is 0. The molecule has 3 heteroatoms. The Morgan fingerprint density at radius 3 is 3.25 bits per heavy atom. The van der Waals surface area contributed by atoms with Gasteiger partial charge in [-0.05, 0) is 18.9 Å². The van der Waals surface area contributed by atoms with Crippen LogP contribution in [0.1, 0.15) is 18.2 Å². The van der Waals surface area contributed by atoms with E-state index in [1.807, 2.05) is 11.7 Å². The van der Waals surface area contributed by atoms with Gasteiger partial charge in [0.2, 0.25) is 0 Å². The normalized spacial score (nSPS) is 24.9. The standard InChI is InChI=1S/C9H14N2S/c1-8-2-3-11(5-8)6-9-4-10-7-12-9/h4,7-8H,2-3,5-6H2,1H3/t8-/m1/s1. The second kappa shape index (κ2) is 3.54. The van der Waals surface area contributed by atoms with E-state index in [9.17, 15) is 0 Å². The lowest BCUT2D eigenvalue weighted by Gasteiger charge is -2.12. The van der Waals surface area contributed by atoms with Crippen molar-refractivity contribution >= 4 is 11.3 Å². The summed E-state index contributed by atoms with van der Waals surface area (Å²) in [6.07, 6.45) is 3.34. The van der Waals surface area contributed by atoms with Crippen LogP contribution in [-0.2, 0) is 6.54 Å². The van der Waals surface area contributed by atoms with Crippen LogP contribution in [0.2, 0.25) is 0 Å². The predicted molar refractivity (Wildman–Crippen MR) is 51.2 cm³/mol. The molecule has 66 valence electrons. The van der Waals surface area contributed by atoms with Gasteiger partial charge in [-0.15, -0.1) is 11.3 Å². The van der Waals surface area contributed by atoms with Crippen LogP contribution in [0.25, 0.3) is 0 Å². The van der Waals surface area contributed by atoms with Crippen molar-refractivity contribution in [1.82, 2.24) is 9.88 Å². The van der Waals surface area contributed by atoms with Gasteiger partial charge in [0.1, 0.15) is 0 Å². The Morgan fingerprint density at radius 1 is 1.75 bits per heavy atom. The van der Waals surface area contributed by atoms with Crippen LogP contribution in [0, 0.1) is 5.92 Å². The maximum absolute atomic E-state index is 4.08. The molecular weight excluding hydrogens is 168 g/mol. The molecule has 0 aromatic carbocycles. The molecule has 0 bridgehead atoms. The van der Waals surface area contributed by atoms with Crippen LogP contribution in [0.3, 0.4) is 0 Å². The molecule has 0 saturated carbocycles. The van der Waals surface area contributed by atoms with Gasteiger partial charge in [-0.25, -0.2) is 0 Å². The fourth-order valence-corrected chi connectivity index (χ4v) is 2.35. The van der Waals surface area contributed by atoms with E-state index >= 15 is 0 Å². The van der Waals surface area contributed by atoms with Gasteiger partial charge in [0, 0.05) is 24.2 Å². The summed E-state index contributed by atoms with van der Waals surface area (Å²) in [5, 5.41) is 0. The van der Waals surface area contributed by atoms with Crippen LogP contribution in [0.4, 0.5) is 0 Å². The topological polar surface area (TPSA) is 16.1 Å². The van der Waals surface area contributed by atoms with E-state index < -0.39 is 0 Å². The minimum atomic E-state index is 0.887. The van der Waals surface area contributed by atoms with E-state index in [2.05, 4.69) is 16.8 Å². The third-order valence-corrected chi connectivity index (χ3v) is 3.14. The van der Waals surface area contributed by atoms with Crippen LogP contribution < -0.4 is 0 Å². The van der Waals surface area contributed by atoms with Crippen molar-refractivity contribution in [3.05, 3.63) is 16.6 Å². The SMILES string of the molecule is C[C@@H]1CCN(Cc2cncs2)C1. The minimum Gasteiger partial charge on any atom is -0.298 e. The molecule has 2 rings (SSSR count). The molecule has 2 heterocycles. The fraction of sp³-hybridized carbons (Fsp3) is 0.667. The van der Waals surface area contributed by atoms with Gasteiger partial charge in [0.05, 0.1) is 5.51 Å². The van der Waals surface area contributed by atoms with Gasteiger partial charge in [-0.3, -0.25) is 9.88 Å². The first-order valence-electron chi connectivity index (χ1n) is 4.44. The Balaban J connectivity index is 1.88. The largest absolute Gasteiger partial charge is 0.298 e. The van der Waals surface area contributed by atoms with Crippen molar-refractivity contribution in [2.75, 3.05) is 13.1 Å². The van der Waals surface area contributed by atoms with Gasteiger partial charge in [0.15, 0.2) is 0 Å². The molecular formula is C9H14N2S. The van der Waals surface area contributed by atoms with Crippen molar-refractivity contribution < 1.29 is 0 Å². The molecule has 2 nitrogen and oxygen atoms in total. The first-order valence-corrected chi connectivity index (χ1v) is 5.32. The minimum absolute atomic E-state index is 0.887. The number of thiazole rings is 1. The smallest absolute Gasteiger partial charge is 0.0794 e. The number of likely N-dealkylation sites (tertiary alicyclic amines) is 1. The van der Waals surface area contributed by atoms with Crippen LogP contribution in [0.15, 0.2) is 11.7 Å². The average molecular weight is 182 g/mol. The third kappa shape index (κ3) is 1.84. The van der Waals surface area contributed by atoms with Crippen LogP contribution >= 0.6 is 11.3 Å². The maximum atomic E-state index is 4.08. The van der Waals surface area contributed by atoms with E-state index in [4.69, 9.17) is 0 Å². The van der Waals surface area contributed by atoms with Crippen molar-refractivity contribution in [2.24, 2.45) is 5.92 Å². The molecule has 12 heavy (non-hydrogen) atoms. The molecule has 1 aromatic heterocycles. The van der Waals surface area contributed by atoms with Crippen LogP contribution in [0.5, 0.6) is 0 Å². The van der Waals surface area contributed by atoms with E-state index in [1.165, 1.54) is 24.4 Å². The van der Waals surface area contributed by atoms with E-state index in [-0.39, 0.29) is 0 Å². The molecule has 1 aromatic rings. The molecule has 1 aliphatic rings. The quantitative estimate of drug-likeness (QED) is 0.695. The van der Waals surface area contributed by atoms with Crippen molar-refractivity contribution in [1.29, 1.82) is 0 Å². The molecule has 1 saturated heterocycles. The molecule has 0 unspecified atom stereocenters. The summed E-state index contributed by atoms with van der Waals surface area (Å²) in [5.41, 5.74) is 1.91. The first kappa shape index (κ1) is 8.20. The van der Waals surface area contributed by atoms with E-state index in [0.717, 1.165) is 12.5 Å². The third-order valence-electron chi connectivity index (χ3n) is 2.37. The number of rotatable bonds is 2. The summed E-state index contributed by atoms with van der Waals surface area (Å²) in [4.78, 5) is 7.98. The summed E-state index contributed by atoms with van der Waals surface area (Å²) >= 11 is 1.76. The zero-order chi connectivity index (χ0) is 8.39. The fourth-order valence-electron chi connectivity index (χ4n) is 1.71. The lowest BCUT2D eigenvalue weighted by Crippen LogP contribution is -2.18. The summed E-state index contributed by atoms with van der Waals surface area (Å²) in [6, 6.07) is 0. The van der Waals surface area contributed by atoms with Crippen molar-refractivity contribution in [3.63, 3.8) is 0 Å². The molecule has 0 spiro atoms. The van der Waals surface area contributed by atoms with Crippen molar-refractivity contribution in [3.8, 4) is 0 Å². The van der Waals surface area contributed by atoms with Gasteiger partial charge < -0.3 is 0 Å². The highest BCUT2D eigenvalue weighted by Crippen LogP contribution is 2.18. The molecule has 0 radical (unpaired) electrons. The van der Waals surface area contributed by atoms with Gasteiger partial charge in [-0.1, -0.05) is 6.92 Å². The molecule has 0 N–H and O–H groups in total. The first-order chi connectivity index (χ1) is 5.84. The number of hydrogen-bond donors (Lipinski definition) is 0. The Hall–Kier alpha value is -0.410. The monoisotopic (exact) mass is 182 g/mol. The second-order valence-corrected chi connectivity index (χ2v) is 4.57. The van der Waals surface area contributed by atoms with Crippen LogP contribution in [-0.4, -0.2) is 23.0 Å². The van der Waals surface area contributed by atoms with E-state index in [0.29, 0.717) is 0 Å². The van der Waals surface area contributed by atoms with Gasteiger partial charge >= 0.3 is 0 Å². The van der Waals surface area contributed by atoms with Crippen molar-refractivity contribution in [2.45, 2.75) is 19.9 Å². The zero-order valence-corrected chi connectivity index (χ0v) is 8.18. The maximum Gasteiger partial charge on any atom is 0.0794 e. The van der Waals surface area contributed by atoms with Gasteiger partial charge in [-0.2, -0.15) is 0 Å². The van der Waals surface area contributed by atoms with Gasteiger partial charge in [0.25, 0.3) is 0 Å². The molecule has 0 aliphatic carbocycles. The highest BCUT2D eigenvalue weighted by atomic mass is 32.1. The summed E-state index contributed by atoms with van der Waals surface area (Å²) in [5.74, 6) is 0.887. The number of hydrogen-bond acceptors (Lipinski definition) is 3. The number of aromatic nitrogens is 1. The Kier molecular flexibility index (Phi) is 2.42. The number of nitrogens with zero attached hydrogens (tertiary/aromatic N) is 2. The highest BCUT2D eigenvalue weighted by molar-refractivity contribution is 7.09. The molecule has 1 atom stereocenters. The lowest BCUT2D eigenvalue weighted by atomic mass is 10.2. The highest BCUT2D eigenvalue weighted by Gasteiger charge is 2.18. The zero-order valence-electron chi connectivity index (χ0n) is 7.36.